The van der Waals surface area contributed by atoms with Crippen LogP contribution in [0.3, 0.4) is 0 Å². The molecule has 1 atom stereocenters. The van der Waals surface area contributed by atoms with Gasteiger partial charge in [0.15, 0.2) is 0 Å². The molecule has 0 bridgehead atoms. The zero-order valence-corrected chi connectivity index (χ0v) is 9.12. The van der Waals surface area contributed by atoms with E-state index < -0.39 is 5.97 Å². The quantitative estimate of drug-likeness (QED) is 0.793. The summed E-state index contributed by atoms with van der Waals surface area (Å²) in [5.74, 6) is -0.907. The largest absolute Gasteiger partial charge is 0.478 e. The summed E-state index contributed by atoms with van der Waals surface area (Å²) in [5, 5.41) is 9.34. The highest BCUT2D eigenvalue weighted by Gasteiger charge is 2.13. The Bertz CT molecular complexity index is 429. The Balaban J connectivity index is 2.43. The molecule has 0 aromatic heterocycles. The van der Waals surface area contributed by atoms with Gasteiger partial charge in [0.1, 0.15) is 0 Å². The maximum Gasteiger partial charge on any atom is 0.335 e. The third-order valence-electron chi connectivity index (χ3n) is 2.20. The number of hydrogen-bond acceptors (Lipinski definition) is 3. The molecule has 1 aliphatic rings. The zero-order chi connectivity index (χ0) is 10.8. The molecule has 1 heterocycles. The topological polar surface area (TPSA) is 49.7 Å². The van der Waals surface area contributed by atoms with Crippen LogP contribution in [0, 0.1) is 0 Å². The minimum absolute atomic E-state index is 0.293. The molecule has 0 saturated carbocycles. The molecule has 1 aromatic rings. The summed E-state index contributed by atoms with van der Waals surface area (Å²) in [6, 6.07) is 5.09. The Morgan fingerprint density at radius 3 is 3.13 bits per heavy atom. The predicted molar refractivity (Wildman–Crippen MR) is 61.5 cm³/mol. The van der Waals surface area contributed by atoms with Crippen LogP contribution in [0.4, 0.5) is 5.69 Å². The van der Waals surface area contributed by atoms with E-state index in [2.05, 4.69) is 11.9 Å². The molecule has 0 fully saturated rings. The van der Waals surface area contributed by atoms with Crippen molar-refractivity contribution in [3.05, 3.63) is 23.8 Å². The molecule has 0 radical (unpaired) electrons. The van der Waals surface area contributed by atoms with Crippen LogP contribution in [0.15, 0.2) is 28.1 Å². The summed E-state index contributed by atoms with van der Waals surface area (Å²) in [7, 11) is 0. The number of carboxylic acid groups (broad SMARTS) is 1. The lowest BCUT2D eigenvalue weighted by atomic mass is 10.2. The van der Waals surface area contributed by atoms with E-state index in [-0.39, 0.29) is 0 Å². The van der Waals surface area contributed by atoms with Crippen LogP contribution in [-0.2, 0) is 0 Å². The number of aromatic carboxylic acids is 1. The highest BCUT2D eigenvalue weighted by atomic mass is 32.2. The number of fused-ring (bicyclic) bond motifs is 1. The molecule has 78 valence electrons. The normalized spacial score (nSPS) is 19.4. The fourth-order valence-corrected chi connectivity index (χ4v) is 2.41. The van der Waals surface area contributed by atoms with Gasteiger partial charge in [-0.2, -0.15) is 0 Å². The fraction of sp³-hybridized carbons (Fsp3) is 0.273. The summed E-state index contributed by atoms with van der Waals surface area (Å²) in [6.07, 6.45) is 2.77. The molecule has 1 N–H and O–H groups in total. The first-order valence-electron chi connectivity index (χ1n) is 4.73. The van der Waals surface area contributed by atoms with Gasteiger partial charge in [-0.1, -0.05) is 6.92 Å². The molecule has 1 unspecified atom stereocenters. The average Bonchev–Trinajstić information content (AvgIpc) is 2.37. The zero-order valence-electron chi connectivity index (χ0n) is 8.30. The molecule has 0 spiro atoms. The average molecular weight is 221 g/mol. The smallest absolute Gasteiger partial charge is 0.335 e. The van der Waals surface area contributed by atoms with E-state index in [4.69, 9.17) is 5.11 Å². The van der Waals surface area contributed by atoms with E-state index in [0.717, 1.165) is 17.0 Å². The van der Waals surface area contributed by atoms with Crippen LogP contribution in [0.2, 0.25) is 0 Å². The molecule has 1 aliphatic heterocycles. The lowest BCUT2D eigenvalue weighted by Crippen LogP contribution is -1.96. The molecule has 3 nitrogen and oxygen atoms in total. The van der Waals surface area contributed by atoms with Crippen molar-refractivity contribution in [2.45, 2.75) is 23.5 Å². The number of aliphatic imine (C=N–C) groups is 1. The van der Waals surface area contributed by atoms with Gasteiger partial charge in [0.25, 0.3) is 0 Å². The lowest BCUT2D eigenvalue weighted by Gasteiger charge is -2.07. The third-order valence-corrected chi connectivity index (χ3v) is 3.40. The second-order valence-corrected chi connectivity index (χ2v) is 4.94. The predicted octanol–water partition coefficient (Wildman–Crippen LogP) is 2.97. The van der Waals surface area contributed by atoms with E-state index in [1.54, 1.807) is 23.9 Å². The van der Waals surface area contributed by atoms with E-state index in [1.165, 1.54) is 0 Å². The van der Waals surface area contributed by atoms with Crippen molar-refractivity contribution in [1.82, 2.24) is 0 Å². The highest BCUT2D eigenvalue weighted by Crippen LogP contribution is 2.36. The van der Waals surface area contributed by atoms with E-state index in [0.29, 0.717) is 10.8 Å². The van der Waals surface area contributed by atoms with Gasteiger partial charge < -0.3 is 5.11 Å². The third kappa shape index (κ3) is 2.21. The summed E-state index contributed by atoms with van der Waals surface area (Å²) < 4.78 is 0. The first-order valence-corrected chi connectivity index (χ1v) is 5.61. The van der Waals surface area contributed by atoms with Gasteiger partial charge in [-0.25, -0.2) is 4.79 Å². The second kappa shape index (κ2) is 4.06. The Morgan fingerprint density at radius 1 is 1.60 bits per heavy atom. The number of rotatable bonds is 1. The Morgan fingerprint density at radius 2 is 2.40 bits per heavy atom. The van der Waals surface area contributed by atoms with Gasteiger partial charge in [0.2, 0.25) is 0 Å². The van der Waals surface area contributed by atoms with Crippen LogP contribution < -0.4 is 0 Å². The van der Waals surface area contributed by atoms with Crippen LogP contribution in [-0.4, -0.2) is 22.5 Å². The Labute approximate surface area is 92.2 Å². The molecule has 4 heteroatoms. The van der Waals surface area contributed by atoms with Gasteiger partial charge in [-0.3, -0.25) is 4.99 Å². The number of hydrogen-bond donors (Lipinski definition) is 1. The van der Waals surface area contributed by atoms with Crippen LogP contribution >= 0.6 is 11.8 Å². The maximum absolute atomic E-state index is 10.8. The van der Waals surface area contributed by atoms with E-state index in [9.17, 15) is 4.79 Å². The molecule has 1 aromatic carbocycles. The molecule has 2 rings (SSSR count). The first kappa shape index (κ1) is 10.2. The van der Waals surface area contributed by atoms with Crippen molar-refractivity contribution < 1.29 is 9.90 Å². The summed E-state index contributed by atoms with van der Waals surface area (Å²) >= 11 is 1.74. The Kier molecular flexibility index (Phi) is 2.77. The standard InChI is InChI=1S/C11H11NO2S/c1-7-4-5-12-9-6-8(11(13)14)2-3-10(9)15-7/h2-3,5-7H,4H2,1H3,(H,13,14). The molecule has 0 aliphatic carbocycles. The van der Waals surface area contributed by atoms with Gasteiger partial charge in [0, 0.05) is 16.4 Å². The van der Waals surface area contributed by atoms with Crippen molar-refractivity contribution in [3.63, 3.8) is 0 Å². The van der Waals surface area contributed by atoms with Gasteiger partial charge in [0.05, 0.1) is 11.3 Å². The minimum atomic E-state index is -0.907. The van der Waals surface area contributed by atoms with Gasteiger partial charge >= 0.3 is 5.97 Å². The van der Waals surface area contributed by atoms with E-state index in [1.807, 2.05) is 12.3 Å². The van der Waals surface area contributed by atoms with Crippen molar-refractivity contribution in [2.75, 3.05) is 0 Å². The minimum Gasteiger partial charge on any atom is -0.478 e. The van der Waals surface area contributed by atoms with Gasteiger partial charge in [-0.05, 0) is 24.6 Å². The summed E-state index contributed by atoms with van der Waals surface area (Å²) in [5.41, 5.74) is 1.06. The first-order chi connectivity index (χ1) is 7.16. The summed E-state index contributed by atoms with van der Waals surface area (Å²) in [6.45, 7) is 2.14. The summed E-state index contributed by atoms with van der Waals surface area (Å²) in [4.78, 5) is 16.1. The number of carboxylic acids is 1. The van der Waals surface area contributed by atoms with Crippen molar-refractivity contribution in [2.24, 2.45) is 4.99 Å². The molecule has 15 heavy (non-hydrogen) atoms. The molecule has 0 saturated heterocycles. The second-order valence-electron chi connectivity index (χ2n) is 3.46. The van der Waals surface area contributed by atoms with Crippen LogP contribution in [0.5, 0.6) is 0 Å². The Hall–Kier alpha value is -1.29. The molecular weight excluding hydrogens is 210 g/mol. The number of thioether (sulfide) groups is 1. The van der Waals surface area contributed by atoms with Gasteiger partial charge in [-0.15, -0.1) is 11.8 Å². The van der Waals surface area contributed by atoms with Crippen LogP contribution in [0.1, 0.15) is 23.7 Å². The van der Waals surface area contributed by atoms with Crippen molar-refractivity contribution in [1.29, 1.82) is 0 Å². The molecule has 0 amide bonds. The van der Waals surface area contributed by atoms with Crippen molar-refractivity contribution >= 4 is 29.6 Å². The monoisotopic (exact) mass is 221 g/mol. The number of nitrogens with zero attached hydrogens (tertiary/aromatic N) is 1. The van der Waals surface area contributed by atoms with Crippen molar-refractivity contribution in [3.8, 4) is 0 Å². The number of carbonyl (C=O) groups is 1. The fourth-order valence-electron chi connectivity index (χ4n) is 1.42. The SMILES string of the molecule is CC1CC=Nc2cc(C(=O)O)ccc2S1. The lowest BCUT2D eigenvalue weighted by molar-refractivity contribution is 0.0697. The van der Waals surface area contributed by atoms with E-state index >= 15 is 0 Å². The number of benzene rings is 1. The maximum atomic E-state index is 10.8. The highest BCUT2D eigenvalue weighted by molar-refractivity contribution is 8.00. The molecular formula is C11H11NO2S. The van der Waals surface area contributed by atoms with Crippen LogP contribution in [0.25, 0.3) is 0 Å².